The molecular formula is C14H16N2O. The van der Waals surface area contributed by atoms with E-state index in [0.29, 0.717) is 12.4 Å². The molecule has 88 valence electrons. The van der Waals surface area contributed by atoms with Gasteiger partial charge in [-0.15, -0.1) is 0 Å². The maximum absolute atomic E-state index is 9.47. The normalized spacial score (nSPS) is 10.2. The highest BCUT2D eigenvalue weighted by Crippen LogP contribution is 2.16. The first-order chi connectivity index (χ1) is 8.28. The molecule has 0 atom stereocenters. The fourth-order valence-electron chi connectivity index (χ4n) is 1.65. The molecule has 0 aliphatic heterocycles. The van der Waals surface area contributed by atoms with E-state index in [9.17, 15) is 5.11 Å². The molecule has 0 radical (unpaired) electrons. The van der Waals surface area contributed by atoms with E-state index in [1.807, 2.05) is 24.3 Å². The van der Waals surface area contributed by atoms with Crippen LogP contribution in [0.5, 0.6) is 5.88 Å². The number of nitrogens with one attached hydrogen (secondary N) is 1. The number of hydrogen-bond acceptors (Lipinski definition) is 3. The monoisotopic (exact) mass is 228 g/mol. The zero-order valence-corrected chi connectivity index (χ0v) is 9.85. The summed E-state index contributed by atoms with van der Waals surface area (Å²) in [6.07, 6.45) is 0.885. The largest absolute Gasteiger partial charge is 0.493 e. The Bertz CT molecular complexity index is 483. The van der Waals surface area contributed by atoms with Crippen molar-refractivity contribution in [2.45, 2.75) is 19.9 Å². The second-order valence-corrected chi connectivity index (χ2v) is 3.91. The van der Waals surface area contributed by atoms with E-state index in [1.54, 1.807) is 6.07 Å². The molecule has 0 fully saturated rings. The van der Waals surface area contributed by atoms with Gasteiger partial charge in [0, 0.05) is 12.6 Å². The van der Waals surface area contributed by atoms with Gasteiger partial charge in [0.1, 0.15) is 5.82 Å². The highest BCUT2D eigenvalue weighted by Gasteiger charge is 2.00. The summed E-state index contributed by atoms with van der Waals surface area (Å²) < 4.78 is 0. The number of benzene rings is 1. The fourth-order valence-corrected chi connectivity index (χ4v) is 1.65. The first kappa shape index (κ1) is 11.5. The van der Waals surface area contributed by atoms with Gasteiger partial charge in [-0.05, 0) is 23.6 Å². The van der Waals surface area contributed by atoms with Crippen LogP contribution in [0.2, 0.25) is 0 Å². The van der Waals surface area contributed by atoms with Crippen molar-refractivity contribution in [1.82, 2.24) is 4.98 Å². The van der Waals surface area contributed by atoms with Gasteiger partial charge in [-0.25, -0.2) is 0 Å². The molecule has 1 aromatic carbocycles. The van der Waals surface area contributed by atoms with Crippen molar-refractivity contribution in [1.29, 1.82) is 0 Å². The molecule has 0 saturated carbocycles. The van der Waals surface area contributed by atoms with Crippen molar-refractivity contribution < 1.29 is 5.11 Å². The number of hydrogen-bond donors (Lipinski definition) is 2. The molecule has 1 aromatic heterocycles. The van der Waals surface area contributed by atoms with Crippen molar-refractivity contribution in [3.63, 3.8) is 0 Å². The van der Waals surface area contributed by atoms with Gasteiger partial charge in [0.2, 0.25) is 5.88 Å². The molecular weight excluding hydrogens is 212 g/mol. The molecule has 3 heteroatoms. The molecule has 0 unspecified atom stereocenters. The third-order valence-corrected chi connectivity index (χ3v) is 2.60. The molecule has 0 amide bonds. The smallest absolute Gasteiger partial charge is 0.212 e. The van der Waals surface area contributed by atoms with Crippen LogP contribution in [0.1, 0.15) is 18.1 Å². The van der Waals surface area contributed by atoms with Crippen LogP contribution in [0.15, 0.2) is 42.5 Å². The third-order valence-electron chi connectivity index (χ3n) is 2.60. The van der Waals surface area contributed by atoms with Gasteiger partial charge in [0.25, 0.3) is 0 Å². The van der Waals surface area contributed by atoms with Gasteiger partial charge in [0.15, 0.2) is 0 Å². The summed E-state index contributed by atoms with van der Waals surface area (Å²) in [5.74, 6) is 0.783. The summed E-state index contributed by atoms with van der Waals surface area (Å²) in [5, 5.41) is 12.7. The number of aromatic nitrogens is 1. The summed E-state index contributed by atoms with van der Waals surface area (Å²) in [6.45, 7) is 2.76. The van der Waals surface area contributed by atoms with E-state index >= 15 is 0 Å². The van der Waals surface area contributed by atoms with E-state index in [-0.39, 0.29) is 5.88 Å². The maximum atomic E-state index is 9.47. The zero-order chi connectivity index (χ0) is 12.1. The van der Waals surface area contributed by atoms with Gasteiger partial charge in [0.05, 0.1) is 0 Å². The molecule has 3 nitrogen and oxygen atoms in total. The lowest BCUT2D eigenvalue weighted by Crippen LogP contribution is -2.01. The zero-order valence-electron chi connectivity index (χ0n) is 9.85. The number of aromatic hydroxyl groups is 1. The van der Waals surface area contributed by atoms with Crippen LogP contribution >= 0.6 is 0 Å². The molecule has 0 aliphatic rings. The Morgan fingerprint density at radius 1 is 1.12 bits per heavy atom. The van der Waals surface area contributed by atoms with E-state index in [1.165, 1.54) is 5.56 Å². The van der Waals surface area contributed by atoms with E-state index in [0.717, 1.165) is 12.0 Å². The summed E-state index contributed by atoms with van der Waals surface area (Å²) >= 11 is 0. The summed E-state index contributed by atoms with van der Waals surface area (Å²) in [7, 11) is 0. The average Bonchev–Trinajstić information content (AvgIpc) is 2.37. The second kappa shape index (κ2) is 5.34. The Labute approximate surface area is 101 Å². The Kier molecular flexibility index (Phi) is 3.60. The molecule has 0 bridgehead atoms. The third kappa shape index (κ3) is 3.21. The molecule has 0 spiro atoms. The lowest BCUT2D eigenvalue weighted by Gasteiger charge is -2.07. The predicted octanol–water partition coefficient (Wildman–Crippen LogP) is 2.96. The Morgan fingerprint density at radius 3 is 2.59 bits per heavy atom. The summed E-state index contributed by atoms with van der Waals surface area (Å²) in [4.78, 5) is 4.04. The lowest BCUT2D eigenvalue weighted by atomic mass is 10.2. The van der Waals surface area contributed by atoms with E-state index < -0.39 is 0 Å². The Morgan fingerprint density at radius 2 is 1.88 bits per heavy atom. The standard InChI is InChI=1S/C14H16N2O/c1-2-11-8-13(16-14(17)9-11)15-10-12-6-4-3-5-7-12/h3-9H,2,10H2,1H3,(H2,15,16,17). The van der Waals surface area contributed by atoms with Gasteiger partial charge in [-0.3, -0.25) is 0 Å². The van der Waals surface area contributed by atoms with Crippen LogP contribution in [-0.2, 0) is 13.0 Å². The number of anilines is 1. The minimum Gasteiger partial charge on any atom is -0.493 e. The van der Waals surface area contributed by atoms with E-state index in [2.05, 4.69) is 29.4 Å². The van der Waals surface area contributed by atoms with Crippen molar-refractivity contribution in [3.8, 4) is 5.88 Å². The summed E-state index contributed by atoms with van der Waals surface area (Å²) in [6, 6.07) is 13.8. The fraction of sp³-hybridized carbons (Fsp3) is 0.214. The predicted molar refractivity (Wildman–Crippen MR) is 69.0 cm³/mol. The molecule has 2 aromatic rings. The quantitative estimate of drug-likeness (QED) is 0.845. The highest BCUT2D eigenvalue weighted by atomic mass is 16.3. The van der Waals surface area contributed by atoms with Gasteiger partial charge >= 0.3 is 0 Å². The molecule has 0 saturated heterocycles. The number of pyridine rings is 1. The second-order valence-electron chi connectivity index (χ2n) is 3.91. The van der Waals surface area contributed by atoms with Gasteiger partial charge < -0.3 is 10.4 Å². The maximum Gasteiger partial charge on any atom is 0.212 e. The van der Waals surface area contributed by atoms with E-state index in [4.69, 9.17) is 0 Å². The minimum atomic E-state index is 0.0694. The van der Waals surface area contributed by atoms with Crippen molar-refractivity contribution in [2.24, 2.45) is 0 Å². The topological polar surface area (TPSA) is 45.2 Å². The van der Waals surface area contributed by atoms with Crippen LogP contribution in [0, 0.1) is 0 Å². The van der Waals surface area contributed by atoms with Crippen LogP contribution in [-0.4, -0.2) is 10.1 Å². The van der Waals surface area contributed by atoms with Crippen LogP contribution in [0.25, 0.3) is 0 Å². The molecule has 1 heterocycles. The van der Waals surface area contributed by atoms with Gasteiger partial charge in [-0.2, -0.15) is 4.98 Å². The molecule has 2 rings (SSSR count). The molecule has 17 heavy (non-hydrogen) atoms. The number of aryl methyl sites for hydroxylation is 1. The van der Waals surface area contributed by atoms with Crippen molar-refractivity contribution >= 4 is 5.82 Å². The minimum absolute atomic E-state index is 0.0694. The molecule has 0 aliphatic carbocycles. The SMILES string of the molecule is CCc1cc(O)nc(NCc2ccccc2)c1. The lowest BCUT2D eigenvalue weighted by molar-refractivity contribution is 0.453. The highest BCUT2D eigenvalue weighted by molar-refractivity contribution is 5.41. The number of rotatable bonds is 4. The first-order valence-electron chi connectivity index (χ1n) is 5.75. The van der Waals surface area contributed by atoms with Crippen LogP contribution < -0.4 is 5.32 Å². The van der Waals surface area contributed by atoms with Crippen molar-refractivity contribution in [3.05, 3.63) is 53.6 Å². The molecule has 2 N–H and O–H groups in total. The Hall–Kier alpha value is -2.03. The van der Waals surface area contributed by atoms with Gasteiger partial charge in [-0.1, -0.05) is 37.3 Å². The first-order valence-corrected chi connectivity index (χ1v) is 5.75. The summed E-state index contributed by atoms with van der Waals surface area (Å²) in [5.41, 5.74) is 2.27. The number of nitrogens with zero attached hydrogens (tertiary/aromatic N) is 1. The van der Waals surface area contributed by atoms with Crippen molar-refractivity contribution in [2.75, 3.05) is 5.32 Å². The average molecular weight is 228 g/mol. The van der Waals surface area contributed by atoms with Crippen LogP contribution in [0.3, 0.4) is 0 Å². The Balaban J connectivity index is 2.06. The van der Waals surface area contributed by atoms with Crippen LogP contribution in [0.4, 0.5) is 5.82 Å².